The Bertz CT molecular complexity index is 1630. The van der Waals surface area contributed by atoms with Gasteiger partial charge in [0, 0.05) is 19.3 Å². The number of rotatable bonds is 51. The maximum atomic E-state index is 12.8. The van der Waals surface area contributed by atoms with Crippen LogP contribution in [-0.4, -0.2) is 37.2 Å². The summed E-state index contributed by atoms with van der Waals surface area (Å²) in [5.41, 5.74) is 0. The van der Waals surface area contributed by atoms with Crippen LogP contribution < -0.4 is 0 Å². The predicted molar refractivity (Wildman–Crippen MR) is 315 cm³/mol. The third-order valence-electron chi connectivity index (χ3n) is 11.8. The Morgan fingerprint density at radius 2 is 0.534 bits per heavy atom. The number of ether oxygens (including phenoxy) is 3. The highest BCUT2D eigenvalue weighted by atomic mass is 16.6. The fourth-order valence-electron chi connectivity index (χ4n) is 7.51. The largest absolute Gasteiger partial charge is 0.462 e. The summed E-state index contributed by atoms with van der Waals surface area (Å²) < 4.78 is 16.8. The second-order valence-corrected chi connectivity index (χ2v) is 18.8. The molecule has 0 bridgehead atoms. The number of carbonyl (C=O) groups is 3. The summed E-state index contributed by atoms with van der Waals surface area (Å²) in [6.45, 7) is 6.33. The fourth-order valence-corrected chi connectivity index (χ4v) is 7.51. The zero-order chi connectivity index (χ0) is 52.9. The van der Waals surface area contributed by atoms with Crippen LogP contribution in [0.2, 0.25) is 0 Å². The third kappa shape index (κ3) is 58.1. The summed E-state index contributed by atoms with van der Waals surface area (Å²) in [7, 11) is 0. The van der Waals surface area contributed by atoms with Gasteiger partial charge in [-0.3, -0.25) is 14.4 Å². The Morgan fingerprint density at radius 1 is 0.288 bits per heavy atom. The van der Waals surface area contributed by atoms with Crippen LogP contribution in [0, 0.1) is 0 Å². The molecule has 73 heavy (non-hydrogen) atoms. The standard InChI is InChI=1S/C67H106O6/c1-4-7-10-13-16-19-21-23-25-27-29-30-31-32-33-34-35-36-38-39-41-43-45-48-51-54-57-60-66(69)72-63-64(62-71-65(68)59-56-53-50-47-18-15-12-9-6-3)73-67(70)61-58-55-52-49-46-44-42-40-37-28-26-24-22-20-17-14-11-8-5-2/h7-8,10-11,16-17,19-20,23-26,29-30,32-33,35-37,39-41,44,46,64H,4-6,9,12-15,18,21-22,27-28,31,34,38,42-43,45,47-63H2,1-3H3/b10-7-,11-8-,19-16-,20-17-,25-23-,26-24-,30-29-,33-32-,36-35-,40-37-,41-39-,46-44-. The first-order valence-electron chi connectivity index (χ1n) is 29.3. The molecular formula is C67H106O6. The van der Waals surface area contributed by atoms with E-state index in [9.17, 15) is 14.4 Å². The Kier molecular flexibility index (Phi) is 56.0. The molecule has 0 saturated heterocycles. The topological polar surface area (TPSA) is 78.9 Å². The van der Waals surface area contributed by atoms with Crippen LogP contribution in [0.15, 0.2) is 146 Å². The summed E-state index contributed by atoms with van der Waals surface area (Å²) >= 11 is 0. The monoisotopic (exact) mass is 1010 g/mol. The molecule has 0 fully saturated rings. The van der Waals surface area contributed by atoms with Crippen molar-refractivity contribution in [1.29, 1.82) is 0 Å². The summed E-state index contributed by atoms with van der Waals surface area (Å²) in [4.78, 5) is 38.1. The molecular weight excluding hydrogens is 901 g/mol. The summed E-state index contributed by atoms with van der Waals surface area (Å²) in [5, 5.41) is 0. The van der Waals surface area contributed by atoms with E-state index >= 15 is 0 Å². The number of unbranched alkanes of at least 4 members (excludes halogenated alkanes) is 16. The molecule has 0 aliphatic carbocycles. The van der Waals surface area contributed by atoms with Gasteiger partial charge in [0.15, 0.2) is 6.10 Å². The molecule has 6 heteroatoms. The second kappa shape index (κ2) is 59.8. The minimum Gasteiger partial charge on any atom is -0.462 e. The van der Waals surface area contributed by atoms with Crippen LogP contribution in [0.4, 0.5) is 0 Å². The first-order valence-corrected chi connectivity index (χ1v) is 29.3. The fraction of sp³-hybridized carbons (Fsp3) is 0.597. The van der Waals surface area contributed by atoms with Crippen LogP contribution >= 0.6 is 0 Å². The van der Waals surface area contributed by atoms with Crippen molar-refractivity contribution in [3.8, 4) is 0 Å². The van der Waals surface area contributed by atoms with Gasteiger partial charge in [-0.2, -0.15) is 0 Å². The van der Waals surface area contributed by atoms with E-state index in [-0.39, 0.29) is 37.5 Å². The van der Waals surface area contributed by atoms with E-state index in [4.69, 9.17) is 14.2 Å². The van der Waals surface area contributed by atoms with Crippen molar-refractivity contribution in [3.63, 3.8) is 0 Å². The summed E-state index contributed by atoms with van der Waals surface area (Å²) in [6.07, 6.45) is 85.6. The normalized spacial score (nSPS) is 13.2. The van der Waals surface area contributed by atoms with Crippen LogP contribution in [0.5, 0.6) is 0 Å². The van der Waals surface area contributed by atoms with Crippen LogP contribution in [0.3, 0.4) is 0 Å². The molecule has 0 N–H and O–H groups in total. The molecule has 0 spiro atoms. The molecule has 0 aromatic rings. The zero-order valence-corrected chi connectivity index (χ0v) is 46.8. The SMILES string of the molecule is CC/C=C\C/C=C\C/C=C\C/C=C\C/C=C\C/C=C\C/C=C\CCCCCCCC(=O)OCC(COC(=O)CCCCCCCCCCC)OC(=O)CCCCC/C=C\C/C=C\C/C=C\C/C=C\C/C=C\CC. The number of allylic oxidation sites excluding steroid dienone is 24. The quantitative estimate of drug-likeness (QED) is 0.0261. The highest BCUT2D eigenvalue weighted by molar-refractivity contribution is 5.71. The minimum absolute atomic E-state index is 0.102. The van der Waals surface area contributed by atoms with Gasteiger partial charge in [0.25, 0.3) is 0 Å². The molecule has 1 unspecified atom stereocenters. The van der Waals surface area contributed by atoms with E-state index in [1.807, 2.05) is 0 Å². The molecule has 0 heterocycles. The lowest BCUT2D eigenvalue weighted by atomic mass is 10.1. The van der Waals surface area contributed by atoms with Gasteiger partial charge < -0.3 is 14.2 Å². The first-order chi connectivity index (χ1) is 36.0. The van der Waals surface area contributed by atoms with Crippen LogP contribution in [-0.2, 0) is 28.6 Å². The number of esters is 3. The summed E-state index contributed by atoms with van der Waals surface area (Å²) in [5.74, 6) is -0.963. The van der Waals surface area contributed by atoms with Gasteiger partial charge in [-0.25, -0.2) is 0 Å². The zero-order valence-electron chi connectivity index (χ0n) is 46.8. The van der Waals surface area contributed by atoms with Crippen molar-refractivity contribution in [2.45, 2.75) is 245 Å². The lowest BCUT2D eigenvalue weighted by Crippen LogP contribution is -2.30. The molecule has 0 saturated carbocycles. The predicted octanol–water partition coefficient (Wildman–Crippen LogP) is 20.0. The molecule has 0 aliphatic rings. The Labute approximate surface area is 448 Å². The Hall–Kier alpha value is -4.71. The second-order valence-electron chi connectivity index (χ2n) is 18.8. The van der Waals surface area contributed by atoms with Crippen molar-refractivity contribution >= 4 is 17.9 Å². The lowest BCUT2D eigenvalue weighted by molar-refractivity contribution is -0.167. The van der Waals surface area contributed by atoms with Gasteiger partial charge in [0.2, 0.25) is 0 Å². The van der Waals surface area contributed by atoms with Gasteiger partial charge in [-0.05, 0) is 122 Å². The number of hydrogen-bond acceptors (Lipinski definition) is 6. The van der Waals surface area contributed by atoms with E-state index in [2.05, 4.69) is 167 Å². The molecule has 0 amide bonds. The average molecular weight is 1010 g/mol. The smallest absolute Gasteiger partial charge is 0.306 e. The van der Waals surface area contributed by atoms with Gasteiger partial charge in [0.05, 0.1) is 0 Å². The molecule has 0 aromatic heterocycles. The van der Waals surface area contributed by atoms with E-state index in [0.29, 0.717) is 12.8 Å². The maximum Gasteiger partial charge on any atom is 0.306 e. The maximum absolute atomic E-state index is 12.8. The van der Waals surface area contributed by atoms with Gasteiger partial charge in [-0.1, -0.05) is 244 Å². The Morgan fingerprint density at radius 3 is 0.849 bits per heavy atom. The van der Waals surface area contributed by atoms with Crippen molar-refractivity contribution in [1.82, 2.24) is 0 Å². The van der Waals surface area contributed by atoms with Crippen molar-refractivity contribution in [2.75, 3.05) is 13.2 Å². The van der Waals surface area contributed by atoms with Gasteiger partial charge in [-0.15, -0.1) is 0 Å². The number of hydrogen-bond donors (Lipinski definition) is 0. The van der Waals surface area contributed by atoms with Crippen molar-refractivity contribution in [2.24, 2.45) is 0 Å². The molecule has 0 aromatic carbocycles. The molecule has 410 valence electrons. The molecule has 0 aliphatic heterocycles. The highest BCUT2D eigenvalue weighted by Gasteiger charge is 2.19. The summed E-state index contributed by atoms with van der Waals surface area (Å²) in [6, 6.07) is 0. The minimum atomic E-state index is -0.808. The third-order valence-corrected chi connectivity index (χ3v) is 11.8. The van der Waals surface area contributed by atoms with E-state index in [0.717, 1.165) is 161 Å². The number of carbonyl (C=O) groups excluding carboxylic acids is 3. The van der Waals surface area contributed by atoms with Crippen molar-refractivity contribution < 1.29 is 28.6 Å². The van der Waals surface area contributed by atoms with Crippen molar-refractivity contribution in [3.05, 3.63) is 146 Å². The van der Waals surface area contributed by atoms with Crippen LogP contribution in [0.1, 0.15) is 239 Å². The average Bonchev–Trinajstić information content (AvgIpc) is 3.39. The molecule has 0 rings (SSSR count). The van der Waals surface area contributed by atoms with E-state index < -0.39 is 6.10 Å². The van der Waals surface area contributed by atoms with E-state index in [1.54, 1.807) is 0 Å². The molecule has 1 atom stereocenters. The van der Waals surface area contributed by atoms with Gasteiger partial charge >= 0.3 is 17.9 Å². The van der Waals surface area contributed by atoms with Crippen LogP contribution in [0.25, 0.3) is 0 Å². The lowest BCUT2D eigenvalue weighted by Gasteiger charge is -2.18. The first kappa shape index (κ1) is 68.3. The molecule has 6 nitrogen and oxygen atoms in total. The van der Waals surface area contributed by atoms with E-state index in [1.165, 1.54) is 38.5 Å². The van der Waals surface area contributed by atoms with Gasteiger partial charge in [0.1, 0.15) is 13.2 Å². The molecule has 0 radical (unpaired) electrons. The highest BCUT2D eigenvalue weighted by Crippen LogP contribution is 2.13. The Balaban J connectivity index is 4.38.